The lowest BCUT2D eigenvalue weighted by atomic mass is 9.94. The van der Waals surface area contributed by atoms with E-state index in [0.29, 0.717) is 0 Å². The van der Waals surface area contributed by atoms with Gasteiger partial charge in [0.25, 0.3) is 0 Å². The summed E-state index contributed by atoms with van der Waals surface area (Å²) in [5.74, 6) is 0.720. The first-order valence-corrected chi connectivity index (χ1v) is 5.79. The van der Waals surface area contributed by atoms with Crippen LogP contribution in [0.1, 0.15) is 23.5 Å². The number of hydrogen-bond donors (Lipinski definition) is 1. The maximum Gasteiger partial charge on any atom is 0.0105 e. The van der Waals surface area contributed by atoms with Gasteiger partial charge in [-0.25, -0.2) is 0 Å². The normalized spacial score (nSPS) is 19.5. The first kappa shape index (κ1) is 16.7. The third kappa shape index (κ3) is 4.14. The second-order valence-electron chi connectivity index (χ2n) is 4.43. The predicted molar refractivity (Wildman–Crippen MR) is 78.5 cm³/mol. The van der Waals surface area contributed by atoms with E-state index in [1.807, 2.05) is 0 Å². The zero-order valence-corrected chi connectivity index (χ0v) is 11.9. The maximum atomic E-state index is 5.58. The summed E-state index contributed by atoms with van der Waals surface area (Å²) in [5.41, 5.74) is 8.53. The van der Waals surface area contributed by atoms with Crippen molar-refractivity contribution in [2.24, 2.45) is 5.73 Å². The highest BCUT2D eigenvalue weighted by molar-refractivity contribution is 5.85. The van der Waals surface area contributed by atoms with Gasteiger partial charge in [0.15, 0.2) is 0 Å². The second-order valence-corrected chi connectivity index (χ2v) is 4.43. The van der Waals surface area contributed by atoms with E-state index in [2.05, 4.69) is 36.1 Å². The molecule has 1 saturated heterocycles. The fraction of sp³-hybridized carbons (Fsp3) is 0.538. The van der Waals surface area contributed by atoms with Crippen molar-refractivity contribution >= 4 is 24.8 Å². The van der Waals surface area contributed by atoms with Crippen molar-refractivity contribution in [1.82, 2.24) is 4.90 Å². The average Bonchev–Trinajstić information content (AvgIpc) is 2.68. The first-order valence-electron chi connectivity index (χ1n) is 5.79. The lowest BCUT2D eigenvalue weighted by molar-refractivity contribution is 0.344. The van der Waals surface area contributed by atoms with E-state index in [1.54, 1.807) is 0 Å². The number of nitrogens with two attached hydrogens (primary N) is 1. The van der Waals surface area contributed by atoms with Crippen LogP contribution in [0.4, 0.5) is 0 Å². The van der Waals surface area contributed by atoms with Crippen molar-refractivity contribution < 1.29 is 0 Å². The number of halogens is 2. The lowest BCUT2D eigenvalue weighted by Gasteiger charge is -2.16. The third-order valence-corrected chi connectivity index (χ3v) is 3.35. The van der Waals surface area contributed by atoms with Crippen molar-refractivity contribution in [2.75, 3.05) is 26.2 Å². The average molecular weight is 277 g/mol. The summed E-state index contributed by atoms with van der Waals surface area (Å²) in [6.07, 6.45) is 1.28. The number of hydrogen-bond acceptors (Lipinski definition) is 2. The van der Waals surface area contributed by atoms with Gasteiger partial charge in [0.2, 0.25) is 0 Å². The van der Waals surface area contributed by atoms with Gasteiger partial charge in [-0.3, -0.25) is 0 Å². The summed E-state index contributed by atoms with van der Waals surface area (Å²) in [7, 11) is 0. The highest BCUT2D eigenvalue weighted by Crippen LogP contribution is 2.28. The summed E-state index contributed by atoms with van der Waals surface area (Å²) in [6, 6.07) is 8.74. The molecule has 0 amide bonds. The number of likely N-dealkylation sites (tertiary alicyclic amines) is 1. The fourth-order valence-corrected chi connectivity index (χ4v) is 2.52. The molecule has 98 valence electrons. The zero-order valence-electron chi connectivity index (χ0n) is 10.3. The summed E-state index contributed by atoms with van der Waals surface area (Å²) >= 11 is 0. The van der Waals surface area contributed by atoms with Crippen LogP contribution in [-0.4, -0.2) is 31.1 Å². The van der Waals surface area contributed by atoms with E-state index >= 15 is 0 Å². The number of rotatable bonds is 3. The Hall–Kier alpha value is -0.280. The molecular formula is C13H22Cl2N2. The molecule has 1 aromatic carbocycles. The van der Waals surface area contributed by atoms with Crippen LogP contribution in [0.15, 0.2) is 24.3 Å². The molecule has 1 fully saturated rings. The molecule has 1 aromatic rings. The second kappa shape index (κ2) is 7.93. The van der Waals surface area contributed by atoms with Crippen LogP contribution >= 0.6 is 24.8 Å². The molecule has 0 radical (unpaired) electrons. The van der Waals surface area contributed by atoms with Gasteiger partial charge in [0.05, 0.1) is 0 Å². The Morgan fingerprint density at radius 1 is 1.29 bits per heavy atom. The van der Waals surface area contributed by atoms with Gasteiger partial charge in [-0.1, -0.05) is 24.3 Å². The van der Waals surface area contributed by atoms with Crippen molar-refractivity contribution in [3.63, 3.8) is 0 Å². The molecule has 2 N–H and O–H groups in total. The molecule has 1 aliphatic rings. The standard InChI is InChI=1S/C13H20N2.2ClH/c1-11-4-2-3-5-13(11)12-6-8-15(10-12)9-7-14;;/h2-5,12H,6-10,14H2,1H3;2*1H. The molecule has 17 heavy (non-hydrogen) atoms. The number of aryl methyl sites for hydroxylation is 1. The molecule has 2 rings (SSSR count). The molecular weight excluding hydrogens is 255 g/mol. The molecule has 0 spiro atoms. The molecule has 4 heteroatoms. The molecule has 2 nitrogen and oxygen atoms in total. The van der Waals surface area contributed by atoms with Gasteiger partial charge in [0, 0.05) is 19.6 Å². The zero-order chi connectivity index (χ0) is 10.7. The molecule has 0 aliphatic carbocycles. The van der Waals surface area contributed by atoms with E-state index in [1.165, 1.54) is 30.6 Å². The van der Waals surface area contributed by atoms with E-state index < -0.39 is 0 Å². The van der Waals surface area contributed by atoms with Crippen LogP contribution in [0.3, 0.4) is 0 Å². The van der Waals surface area contributed by atoms with E-state index in [-0.39, 0.29) is 24.8 Å². The molecule has 0 bridgehead atoms. The smallest absolute Gasteiger partial charge is 0.0105 e. The van der Waals surface area contributed by atoms with E-state index in [0.717, 1.165) is 19.0 Å². The Bertz CT molecular complexity index is 331. The van der Waals surface area contributed by atoms with Gasteiger partial charge in [-0.05, 0) is 36.9 Å². The van der Waals surface area contributed by atoms with Crippen molar-refractivity contribution in [3.8, 4) is 0 Å². The molecule has 1 atom stereocenters. The summed E-state index contributed by atoms with van der Waals surface area (Å²) in [6.45, 7) is 6.42. The van der Waals surface area contributed by atoms with Crippen molar-refractivity contribution in [1.29, 1.82) is 0 Å². The molecule has 0 saturated carbocycles. The minimum absolute atomic E-state index is 0. The third-order valence-electron chi connectivity index (χ3n) is 3.35. The van der Waals surface area contributed by atoms with Crippen molar-refractivity contribution in [3.05, 3.63) is 35.4 Å². The van der Waals surface area contributed by atoms with E-state index in [4.69, 9.17) is 5.73 Å². The highest BCUT2D eigenvalue weighted by Gasteiger charge is 2.23. The minimum atomic E-state index is 0. The summed E-state index contributed by atoms with van der Waals surface area (Å²) in [4.78, 5) is 2.47. The number of benzene rings is 1. The highest BCUT2D eigenvalue weighted by atomic mass is 35.5. The maximum absolute atomic E-state index is 5.58. The minimum Gasteiger partial charge on any atom is -0.329 e. The van der Waals surface area contributed by atoms with Crippen LogP contribution in [0.2, 0.25) is 0 Å². The molecule has 0 aromatic heterocycles. The van der Waals surface area contributed by atoms with Gasteiger partial charge in [-0.2, -0.15) is 0 Å². The summed E-state index contributed by atoms with van der Waals surface area (Å²) < 4.78 is 0. The van der Waals surface area contributed by atoms with Crippen LogP contribution in [-0.2, 0) is 0 Å². The SMILES string of the molecule is Cc1ccccc1C1CCN(CCN)C1.Cl.Cl. The van der Waals surface area contributed by atoms with Gasteiger partial charge in [0.1, 0.15) is 0 Å². The molecule has 1 aliphatic heterocycles. The van der Waals surface area contributed by atoms with Gasteiger partial charge >= 0.3 is 0 Å². The van der Waals surface area contributed by atoms with Crippen LogP contribution in [0, 0.1) is 6.92 Å². The quantitative estimate of drug-likeness (QED) is 0.920. The Kier molecular flexibility index (Phi) is 7.80. The topological polar surface area (TPSA) is 29.3 Å². The summed E-state index contributed by atoms with van der Waals surface area (Å²) in [5, 5.41) is 0. The monoisotopic (exact) mass is 276 g/mol. The Balaban J connectivity index is 0.00000128. The van der Waals surface area contributed by atoms with Gasteiger partial charge < -0.3 is 10.6 Å². The molecule has 1 unspecified atom stereocenters. The van der Waals surface area contributed by atoms with Crippen LogP contribution in [0.25, 0.3) is 0 Å². The number of nitrogens with zero attached hydrogens (tertiary/aromatic N) is 1. The van der Waals surface area contributed by atoms with Gasteiger partial charge in [-0.15, -0.1) is 24.8 Å². The predicted octanol–water partition coefficient (Wildman–Crippen LogP) is 2.59. The van der Waals surface area contributed by atoms with Crippen LogP contribution in [0.5, 0.6) is 0 Å². The largest absolute Gasteiger partial charge is 0.329 e. The Morgan fingerprint density at radius 3 is 2.65 bits per heavy atom. The Morgan fingerprint density at radius 2 is 2.00 bits per heavy atom. The molecule has 1 heterocycles. The van der Waals surface area contributed by atoms with Crippen LogP contribution < -0.4 is 5.73 Å². The van der Waals surface area contributed by atoms with Crippen molar-refractivity contribution in [2.45, 2.75) is 19.3 Å². The fourth-order valence-electron chi connectivity index (χ4n) is 2.52. The lowest BCUT2D eigenvalue weighted by Crippen LogP contribution is -2.27. The Labute approximate surface area is 116 Å². The van der Waals surface area contributed by atoms with E-state index in [9.17, 15) is 0 Å². The first-order chi connectivity index (χ1) is 7.31.